The first-order valence-electron chi connectivity index (χ1n) is 5.03. The minimum absolute atomic E-state index is 0.125. The molecular formula is C10H14N2OS2. The standard InChI is InChI=1S/C10H14N2OS2/c1-10(4-2-6-15-10)7-12-5-3-8(13)11-9(12)14/h3,5H,2,4,6-7H2,1H3,(H,11,13,14). The van der Waals surface area contributed by atoms with Crippen molar-refractivity contribution in [3.8, 4) is 0 Å². The van der Waals surface area contributed by atoms with E-state index in [4.69, 9.17) is 12.2 Å². The molecule has 82 valence electrons. The number of thioether (sulfide) groups is 1. The van der Waals surface area contributed by atoms with Crippen molar-refractivity contribution in [2.75, 3.05) is 5.75 Å². The van der Waals surface area contributed by atoms with E-state index in [9.17, 15) is 4.79 Å². The van der Waals surface area contributed by atoms with Crippen molar-refractivity contribution in [3.05, 3.63) is 27.4 Å². The van der Waals surface area contributed by atoms with Crippen LogP contribution >= 0.6 is 24.0 Å². The number of nitrogens with zero attached hydrogens (tertiary/aromatic N) is 1. The van der Waals surface area contributed by atoms with Crippen LogP contribution in [0.1, 0.15) is 19.8 Å². The van der Waals surface area contributed by atoms with E-state index >= 15 is 0 Å². The quantitative estimate of drug-likeness (QED) is 0.808. The zero-order valence-corrected chi connectivity index (χ0v) is 10.3. The first kappa shape index (κ1) is 11.0. The second-order valence-electron chi connectivity index (χ2n) is 4.14. The molecule has 2 rings (SSSR count). The Kier molecular flexibility index (Phi) is 3.02. The van der Waals surface area contributed by atoms with Crippen LogP contribution in [0.4, 0.5) is 0 Å². The lowest BCUT2D eigenvalue weighted by Gasteiger charge is -2.23. The molecule has 1 aromatic rings. The Balaban J connectivity index is 2.24. The second-order valence-corrected chi connectivity index (χ2v) is 6.21. The molecule has 0 spiro atoms. The number of rotatable bonds is 2. The Morgan fingerprint density at radius 3 is 3.13 bits per heavy atom. The van der Waals surface area contributed by atoms with Crippen LogP contribution in [-0.2, 0) is 6.54 Å². The molecule has 1 atom stereocenters. The largest absolute Gasteiger partial charge is 0.324 e. The van der Waals surface area contributed by atoms with Gasteiger partial charge in [0.1, 0.15) is 0 Å². The Hall–Kier alpha value is -0.550. The summed E-state index contributed by atoms with van der Waals surface area (Å²) < 4.78 is 2.75. The first-order valence-corrected chi connectivity index (χ1v) is 6.42. The van der Waals surface area contributed by atoms with Crippen molar-refractivity contribution in [2.45, 2.75) is 31.1 Å². The molecular weight excluding hydrogens is 228 g/mol. The van der Waals surface area contributed by atoms with Crippen molar-refractivity contribution in [1.29, 1.82) is 0 Å². The summed E-state index contributed by atoms with van der Waals surface area (Å²) in [6.45, 7) is 3.14. The average molecular weight is 242 g/mol. The molecule has 15 heavy (non-hydrogen) atoms. The molecule has 0 aromatic carbocycles. The van der Waals surface area contributed by atoms with Crippen LogP contribution in [0.25, 0.3) is 0 Å². The maximum absolute atomic E-state index is 11.0. The molecule has 1 aromatic heterocycles. The molecule has 1 unspecified atom stereocenters. The van der Waals surface area contributed by atoms with E-state index in [2.05, 4.69) is 11.9 Å². The zero-order chi connectivity index (χ0) is 10.9. The van der Waals surface area contributed by atoms with E-state index < -0.39 is 0 Å². The fourth-order valence-corrected chi connectivity index (χ4v) is 3.42. The maximum Gasteiger partial charge on any atom is 0.251 e. The molecule has 0 radical (unpaired) electrons. The van der Waals surface area contributed by atoms with E-state index in [0.717, 1.165) is 6.54 Å². The van der Waals surface area contributed by atoms with Gasteiger partial charge >= 0.3 is 0 Å². The summed E-state index contributed by atoms with van der Waals surface area (Å²) in [6.07, 6.45) is 4.28. The van der Waals surface area contributed by atoms with E-state index in [1.807, 2.05) is 16.3 Å². The molecule has 2 heterocycles. The molecule has 5 heteroatoms. The van der Waals surface area contributed by atoms with Crippen molar-refractivity contribution in [1.82, 2.24) is 9.55 Å². The van der Waals surface area contributed by atoms with Gasteiger partial charge in [0, 0.05) is 23.6 Å². The van der Waals surface area contributed by atoms with Crippen LogP contribution in [0.15, 0.2) is 17.1 Å². The summed E-state index contributed by atoms with van der Waals surface area (Å²) in [5.74, 6) is 1.23. The molecule has 0 aliphatic carbocycles. The van der Waals surface area contributed by atoms with Crippen LogP contribution in [0.3, 0.4) is 0 Å². The van der Waals surface area contributed by atoms with Crippen molar-refractivity contribution in [3.63, 3.8) is 0 Å². The fraction of sp³-hybridized carbons (Fsp3) is 0.600. The summed E-state index contributed by atoms with van der Waals surface area (Å²) in [4.78, 5) is 13.7. The Morgan fingerprint density at radius 2 is 2.53 bits per heavy atom. The third kappa shape index (κ3) is 2.52. The molecule has 1 aliphatic heterocycles. The van der Waals surface area contributed by atoms with E-state index in [0.29, 0.717) is 4.77 Å². The van der Waals surface area contributed by atoms with Crippen LogP contribution in [0, 0.1) is 4.77 Å². The van der Waals surface area contributed by atoms with Gasteiger partial charge in [-0.25, -0.2) is 0 Å². The highest BCUT2D eigenvalue weighted by Gasteiger charge is 2.29. The van der Waals surface area contributed by atoms with E-state index in [1.54, 1.807) is 6.20 Å². The van der Waals surface area contributed by atoms with Gasteiger partial charge in [0.2, 0.25) is 0 Å². The predicted octanol–water partition coefficient (Wildman–Crippen LogP) is 2.19. The summed E-state index contributed by atoms with van der Waals surface area (Å²) in [7, 11) is 0. The van der Waals surface area contributed by atoms with Crippen LogP contribution in [0.2, 0.25) is 0 Å². The zero-order valence-electron chi connectivity index (χ0n) is 8.66. The number of aromatic amines is 1. The lowest BCUT2D eigenvalue weighted by molar-refractivity contribution is 0.499. The third-order valence-electron chi connectivity index (χ3n) is 2.70. The minimum Gasteiger partial charge on any atom is -0.324 e. The van der Waals surface area contributed by atoms with Gasteiger partial charge in [0.15, 0.2) is 4.77 Å². The topological polar surface area (TPSA) is 37.8 Å². The van der Waals surface area contributed by atoms with E-state index in [-0.39, 0.29) is 10.3 Å². The van der Waals surface area contributed by atoms with Gasteiger partial charge in [-0.1, -0.05) is 0 Å². The highest BCUT2D eigenvalue weighted by Crippen LogP contribution is 2.38. The second kappa shape index (κ2) is 4.14. The highest BCUT2D eigenvalue weighted by molar-refractivity contribution is 8.00. The van der Waals surface area contributed by atoms with Gasteiger partial charge in [0.05, 0.1) is 0 Å². The predicted molar refractivity (Wildman–Crippen MR) is 66.0 cm³/mol. The third-order valence-corrected chi connectivity index (χ3v) is 4.56. The molecule has 1 fully saturated rings. The molecule has 0 amide bonds. The van der Waals surface area contributed by atoms with Crippen LogP contribution in [-0.4, -0.2) is 20.1 Å². The normalized spacial score (nSPS) is 25.7. The summed E-state index contributed by atoms with van der Waals surface area (Å²) in [5, 5.41) is 0. The minimum atomic E-state index is -0.125. The first-order chi connectivity index (χ1) is 7.09. The lowest BCUT2D eigenvalue weighted by atomic mass is 10.1. The monoisotopic (exact) mass is 242 g/mol. The van der Waals surface area contributed by atoms with E-state index in [1.165, 1.54) is 24.7 Å². The summed E-state index contributed by atoms with van der Waals surface area (Å²) in [6, 6.07) is 1.53. The Bertz CT molecular complexity index is 457. The number of hydrogen-bond acceptors (Lipinski definition) is 3. The SMILES string of the molecule is CC1(Cn2ccc(=O)[nH]c2=S)CCCS1. The number of nitrogens with one attached hydrogen (secondary N) is 1. The number of aromatic nitrogens is 2. The van der Waals surface area contributed by atoms with Crippen molar-refractivity contribution in [2.24, 2.45) is 0 Å². The van der Waals surface area contributed by atoms with Gasteiger partial charge in [-0.3, -0.25) is 9.78 Å². The Labute approximate surface area is 97.9 Å². The van der Waals surface area contributed by atoms with Gasteiger partial charge in [-0.05, 0) is 37.7 Å². The summed E-state index contributed by atoms with van der Waals surface area (Å²) >= 11 is 7.12. The Morgan fingerprint density at radius 1 is 1.73 bits per heavy atom. The van der Waals surface area contributed by atoms with Crippen molar-refractivity contribution >= 4 is 24.0 Å². The fourth-order valence-electron chi connectivity index (χ4n) is 1.89. The van der Waals surface area contributed by atoms with Crippen molar-refractivity contribution < 1.29 is 0 Å². The maximum atomic E-state index is 11.0. The van der Waals surface area contributed by atoms with Gasteiger partial charge in [-0.2, -0.15) is 11.8 Å². The molecule has 1 saturated heterocycles. The molecule has 0 saturated carbocycles. The summed E-state index contributed by atoms with van der Waals surface area (Å²) in [5.41, 5.74) is -0.125. The molecule has 1 aliphatic rings. The highest BCUT2D eigenvalue weighted by atomic mass is 32.2. The van der Waals surface area contributed by atoms with Crippen LogP contribution < -0.4 is 5.56 Å². The van der Waals surface area contributed by atoms with Gasteiger partial charge in [-0.15, -0.1) is 0 Å². The van der Waals surface area contributed by atoms with Gasteiger partial charge in [0.25, 0.3) is 5.56 Å². The molecule has 3 nitrogen and oxygen atoms in total. The lowest BCUT2D eigenvalue weighted by Crippen LogP contribution is -2.25. The smallest absolute Gasteiger partial charge is 0.251 e. The molecule has 0 bridgehead atoms. The molecule has 1 N–H and O–H groups in total. The number of hydrogen-bond donors (Lipinski definition) is 1. The number of H-pyrrole nitrogens is 1. The average Bonchev–Trinajstić information content (AvgIpc) is 2.58. The van der Waals surface area contributed by atoms with Gasteiger partial charge < -0.3 is 4.57 Å². The van der Waals surface area contributed by atoms with Crippen LogP contribution in [0.5, 0.6) is 0 Å².